The maximum absolute atomic E-state index is 5.45. The Morgan fingerprint density at radius 2 is 2.27 bits per heavy atom. The van der Waals surface area contributed by atoms with Gasteiger partial charge in [0.05, 0.1) is 17.6 Å². The van der Waals surface area contributed by atoms with E-state index in [1.165, 1.54) is 3.57 Å². The molecule has 2 aromatic rings. The third-order valence-electron chi connectivity index (χ3n) is 2.01. The summed E-state index contributed by atoms with van der Waals surface area (Å²) < 4.78 is 2.95. The first kappa shape index (κ1) is 10.6. The van der Waals surface area contributed by atoms with Crippen LogP contribution >= 0.6 is 22.6 Å². The molecule has 0 aliphatic carbocycles. The van der Waals surface area contributed by atoms with E-state index in [2.05, 4.69) is 39.0 Å². The highest BCUT2D eigenvalue weighted by Gasteiger charge is 2.01. The van der Waals surface area contributed by atoms with E-state index in [0.29, 0.717) is 6.54 Å². The lowest BCUT2D eigenvalue weighted by atomic mass is 10.3. The van der Waals surface area contributed by atoms with Crippen molar-refractivity contribution in [3.05, 3.63) is 39.7 Å². The Bertz CT molecular complexity index is 452. The van der Waals surface area contributed by atoms with Crippen molar-refractivity contribution in [3.8, 4) is 5.69 Å². The van der Waals surface area contributed by atoms with Crippen molar-refractivity contribution in [1.82, 2.24) is 15.0 Å². The van der Waals surface area contributed by atoms with Crippen LogP contribution in [0.25, 0.3) is 5.69 Å². The van der Waals surface area contributed by atoms with Gasteiger partial charge in [-0.25, -0.2) is 4.68 Å². The molecule has 0 fully saturated rings. The normalized spacial score (nSPS) is 10.5. The van der Waals surface area contributed by atoms with Crippen molar-refractivity contribution < 1.29 is 0 Å². The molecule has 0 bridgehead atoms. The molecule has 0 spiro atoms. The summed E-state index contributed by atoms with van der Waals surface area (Å²) in [4.78, 5) is 0. The van der Waals surface area contributed by atoms with E-state index >= 15 is 0 Å². The lowest BCUT2D eigenvalue weighted by Gasteiger charge is -1.99. The molecule has 0 saturated heterocycles. The Morgan fingerprint density at radius 3 is 3.00 bits per heavy atom. The Labute approximate surface area is 102 Å². The summed E-state index contributed by atoms with van der Waals surface area (Å²) in [5, 5.41) is 8.10. The van der Waals surface area contributed by atoms with E-state index in [-0.39, 0.29) is 0 Å². The predicted molar refractivity (Wildman–Crippen MR) is 66.8 cm³/mol. The maximum atomic E-state index is 5.45. The van der Waals surface area contributed by atoms with E-state index in [4.69, 9.17) is 5.73 Å². The van der Waals surface area contributed by atoms with Gasteiger partial charge in [0.2, 0.25) is 0 Å². The van der Waals surface area contributed by atoms with Crippen molar-refractivity contribution in [1.29, 1.82) is 0 Å². The van der Waals surface area contributed by atoms with Crippen LogP contribution in [0.2, 0.25) is 0 Å². The molecular formula is C10H11IN4. The van der Waals surface area contributed by atoms with Crippen LogP contribution in [0.4, 0.5) is 0 Å². The van der Waals surface area contributed by atoms with Crippen molar-refractivity contribution in [2.24, 2.45) is 5.73 Å². The van der Waals surface area contributed by atoms with Crippen molar-refractivity contribution in [2.75, 3.05) is 6.54 Å². The molecule has 0 unspecified atom stereocenters. The Kier molecular flexibility index (Phi) is 3.32. The smallest absolute Gasteiger partial charge is 0.0844 e. The number of benzene rings is 1. The summed E-state index contributed by atoms with van der Waals surface area (Å²) in [5.74, 6) is 0. The van der Waals surface area contributed by atoms with E-state index < -0.39 is 0 Å². The largest absolute Gasteiger partial charge is 0.330 e. The van der Waals surface area contributed by atoms with Crippen LogP contribution in [0.15, 0.2) is 30.5 Å². The van der Waals surface area contributed by atoms with Crippen LogP contribution < -0.4 is 5.73 Å². The van der Waals surface area contributed by atoms with E-state index in [9.17, 15) is 0 Å². The average molecular weight is 314 g/mol. The summed E-state index contributed by atoms with van der Waals surface area (Å²) in [6.45, 7) is 0.602. The van der Waals surface area contributed by atoms with Gasteiger partial charge in [-0.3, -0.25) is 0 Å². The lowest BCUT2D eigenvalue weighted by molar-refractivity contribution is 0.794. The minimum absolute atomic E-state index is 0.602. The van der Waals surface area contributed by atoms with E-state index in [0.717, 1.165) is 17.8 Å². The summed E-state index contributed by atoms with van der Waals surface area (Å²) in [6, 6.07) is 8.10. The highest BCUT2D eigenvalue weighted by atomic mass is 127. The molecule has 1 aromatic carbocycles. The molecule has 0 saturated carbocycles. The number of aromatic nitrogens is 3. The summed E-state index contributed by atoms with van der Waals surface area (Å²) in [7, 11) is 0. The van der Waals surface area contributed by atoms with Crippen LogP contribution in [0.3, 0.4) is 0 Å². The Balaban J connectivity index is 2.29. The quantitative estimate of drug-likeness (QED) is 0.871. The van der Waals surface area contributed by atoms with Crippen molar-refractivity contribution in [2.45, 2.75) is 6.42 Å². The average Bonchev–Trinajstić information content (AvgIpc) is 2.67. The fourth-order valence-electron chi connectivity index (χ4n) is 1.31. The molecule has 78 valence electrons. The van der Waals surface area contributed by atoms with Gasteiger partial charge in [-0.05, 0) is 47.3 Å². The predicted octanol–water partition coefficient (Wildman–Crippen LogP) is 1.37. The molecule has 0 radical (unpaired) electrons. The zero-order valence-electron chi connectivity index (χ0n) is 8.10. The number of nitrogens with two attached hydrogens (primary N) is 1. The number of halogens is 1. The summed E-state index contributed by atoms with van der Waals surface area (Å²) >= 11 is 2.27. The SMILES string of the molecule is NCCc1cn(-c2cccc(I)c2)nn1. The fourth-order valence-corrected chi connectivity index (χ4v) is 1.83. The molecule has 5 heteroatoms. The zero-order valence-corrected chi connectivity index (χ0v) is 10.3. The van der Waals surface area contributed by atoms with Crippen LogP contribution in [-0.4, -0.2) is 21.5 Å². The van der Waals surface area contributed by atoms with Gasteiger partial charge < -0.3 is 5.73 Å². The van der Waals surface area contributed by atoms with Gasteiger partial charge >= 0.3 is 0 Å². The molecule has 2 rings (SSSR count). The summed E-state index contributed by atoms with van der Waals surface area (Å²) in [5.41, 5.74) is 7.41. The van der Waals surface area contributed by atoms with E-state index in [1.807, 2.05) is 24.4 Å². The maximum Gasteiger partial charge on any atom is 0.0844 e. The standard InChI is InChI=1S/C10H11IN4/c11-8-2-1-3-10(6-8)15-7-9(4-5-12)13-14-15/h1-3,6-7H,4-5,12H2. The van der Waals surface area contributed by atoms with Crippen LogP contribution in [-0.2, 0) is 6.42 Å². The number of nitrogens with zero attached hydrogens (tertiary/aromatic N) is 3. The van der Waals surface area contributed by atoms with Crippen molar-refractivity contribution in [3.63, 3.8) is 0 Å². The number of rotatable bonds is 3. The molecule has 0 amide bonds. The molecule has 2 N–H and O–H groups in total. The first-order chi connectivity index (χ1) is 7.29. The molecule has 15 heavy (non-hydrogen) atoms. The molecule has 0 aliphatic heterocycles. The van der Waals surface area contributed by atoms with Gasteiger partial charge in [-0.2, -0.15) is 0 Å². The highest BCUT2D eigenvalue weighted by Crippen LogP contribution is 2.11. The highest BCUT2D eigenvalue weighted by molar-refractivity contribution is 14.1. The first-order valence-electron chi connectivity index (χ1n) is 4.67. The fraction of sp³-hybridized carbons (Fsp3) is 0.200. The zero-order chi connectivity index (χ0) is 10.7. The van der Waals surface area contributed by atoms with E-state index in [1.54, 1.807) is 4.68 Å². The van der Waals surface area contributed by atoms with Crippen molar-refractivity contribution >= 4 is 22.6 Å². The summed E-state index contributed by atoms with van der Waals surface area (Å²) in [6.07, 6.45) is 2.68. The van der Waals surface area contributed by atoms with Gasteiger partial charge in [-0.15, -0.1) is 5.10 Å². The van der Waals surface area contributed by atoms with Crippen LogP contribution in [0, 0.1) is 3.57 Å². The molecule has 1 heterocycles. The second-order valence-electron chi connectivity index (χ2n) is 3.17. The van der Waals surface area contributed by atoms with Crippen LogP contribution in [0.5, 0.6) is 0 Å². The second-order valence-corrected chi connectivity index (χ2v) is 4.42. The Morgan fingerprint density at radius 1 is 1.40 bits per heavy atom. The number of hydrogen-bond acceptors (Lipinski definition) is 3. The van der Waals surface area contributed by atoms with Gasteiger partial charge in [-0.1, -0.05) is 11.3 Å². The number of hydrogen-bond donors (Lipinski definition) is 1. The second kappa shape index (κ2) is 4.71. The van der Waals surface area contributed by atoms with Crippen LogP contribution in [0.1, 0.15) is 5.69 Å². The molecular weight excluding hydrogens is 303 g/mol. The minimum Gasteiger partial charge on any atom is -0.330 e. The molecule has 0 atom stereocenters. The van der Waals surface area contributed by atoms with Gasteiger partial charge in [0.15, 0.2) is 0 Å². The molecule has 1 aromatic heterocycles. The van der Waals surface area contributed by atoms with Gasteiger partial charge in [0, 0.05) is 9.99 Å². The molecule has 4 nitrogen and oxygen atoms in total. The monoisotopic (exact) mass is 314 g/mol. The minimum atomic E-state index is 0.602. The van der Waals surface area contributed by atoms with Gasteiger partial charge in [0.1, 0.15) is 0 Å². The first-order valence-corrected chi connectivity index (χ1v) is 5.74. The third-order valence-corrected chi connectivity index (χ3v) is 2.69. The topological polar surface area (TPSA) is 56.7 Å². The lowest BCUT2D eigenvalue weighted by Crippen LogP contribution is -2.02. The third kappa shape index (κ3) is 2.54. The molecule has 0 aliphatic rings. The van der Waals surface area contributed by atoms with Gasteiger partial charge in [0.25, 0.3) is 0 Å². The Hall–Kier alpha value is -0.950.